The van der Waals surface area contributed by atoms with Crippen LogP contribution in [0, 0.1) is 30.0 Å². The molecule has 4 rings (SSSR count). The molecule has 1 spiro atoms. The average Bonchev–Trinajstić information content (AvgIpc) is 3.02. The summed E-state index contributed by atoms with van der Waals surface area (Å²) in [5, 5.41) is 0. The van der Waals surface area contributed by atoms with Gasteiger partial charge in [-0.1, -0.05) is 64.4 Å². The number of amides is 1. The molecule has 0 saturated heterocycles. The third-order valence-corrected chi connectivity index (χ3v) is 7.65. The molecule has 1 fully saturated rings. The molecule has 0 N–H and O–H groups in total. The van der Waals surface area contributed by atoms with Crippen LogP contribution in [0.4, 0.5) is 4.39 Å². The molecule has 2 aliphatic rings. The van der Waals surface area contributed by atoms with Crippen molar-refractivity contribution < 1.29 is 9.18 Å². The standard InChI is InChI=1S/C29H37FN2O/c1-19(2)26(22-9-7-20(3)8-10-22)32-27(33)25(21-11-13-24(30)14-12-21)31-29(32)17-15-23(16-18-29)28(4,5)6/h7-14,19,23,26H,15-18H2,1-6H3. The maximum atomic E-state index is 14.0. The van der Waals surface area contributed by atoms with Crippen LogP contribution in [0.15, 0.2) is 53.5 Å². The fourth-order valence-corrected chi connectivity index (χ4v) is 5.69. The molecule has 33 heavy (non-hydrogen) atoms. The van der Waals surface area contributed by atoms with Crippen LogP contribution in [0.5, 0.6) is 0 Å². The zero-order valence-electron chi connectivity index (χ0n) is 20.9. The number of carbonyl (C=O) groups is 1. The van der Waals surface area contributed by atoms with Gasteiger partial charge in [0.2, 0.25) is 0 Å². The lowest BCUT2D eigenvalue weighted by Crippen LogP contribution is -2.52. The first-order valence-corrected chi connectivity index (χ1v) is 12.3. The molecular weight excluding hydrogens is 411 g/mol. The number of halogens is 1. The maximum Gasteiger partial charge on any atom is 0.275 e. The third-order valence-electron chi connectivity index (χ3n) is 7.65. The van der Waals surface area contributed by atoms with Crippen molar-refractivity contribution in [2.45, 2.75) is 78.9 Å². The van der Waals surface area contributed by atoms with Crippen LogP contribution in [-0.4, -0.2) is 22.2 Å². The van der Waals surface area contributed by atoms with Gasteiger partial charge in [0.15, 0.2) is 0 Å². The lowest BCUT2D eigenvalue weighted by atomic mass is 9.69. The highest BCUT2D eigenvalue weighted by Crippen LogP contribution is 2.50. The molecule has 1 aliphatic heterocycles. The first-order valence-electron chi connectivity index (χ1n) is 12.3. The van der Waals surface area contributed by atoms with Crippen molar-refractivity contribution in [2.75, 3.05) is 0 Å². The molecule has 0 aromatic heterocycles. The third kappa shape index (κ3) is 4.49. The van der Waals surface area contributed by atoms with Gasteiger partial charge >= 0.3 is 0 Å². The minimum absolute atomic E-state index is 0.0323. The Morgan fingerprint density at radius 2 is 1.58 bits per heavy atom. The van der Waals surface area contributed by atoms with E-state index in [-0.39, 0.29) is 29.1 Å². The minimum Gasteiger partial charge on any atom is -0.305 e. The molecule has 1 heterocycles. The van der Waals surface area contributed by atoms with Gasteiger partial charge in [0.1, 0.15) is 17.2 Å². The van der Waals surface area contributed by atoms with Crippen molar-refractivity contribution in [3.05, 3.63) is 71.0 Å². The fourth-order valence-electron chi connectivity index (χ4n) is 5.69. The molecule has 1 amide bonds. The Bertz CT molecular complexity index is 1020. The van der Waals surface area contributed by atoms with Gasteiger partial charge in [0.05, 0.1) is 6.04 Å². The zero-order chi connectivity index (χ0) is 24.0. The predicted octanol–water partition coefficient (Wildman–Crippen LogP) is 7.10. The smallest absolute Gasteiger partial charge is 0.275 e. The van der Waals surface area contributed by atoms with Crippen LogP contribution in [-0.2, 0) is 4.79 Å². The van der Waals surface area contributed by atoms with Crippen molar-refractivity contribution in [3.63, 3.8) is 0 Å². The van der Waals surface area contributed by atoms with Crippen LogP contribution in [0.1, 0.15) is 83.0 Å². The average molecular weight is 449 g/mol. The molecule has 176 valence electrons. The topological polar surface area (TPSA) is 32.7 Å². The lowest BCUT2D eigenvalue weighted by molar-refractivity contribution is -0.135. The van der Waals surface area contributed by atoms with Crippen LogP contribution < -0.4 is 0 Å². The van der Waals surface area contributed by atoms with Crippen molar-refractivity contribution in [1.82, 2.24) is 4.90 Å². The molecule has 0 radical (unpaired) electrons. The summed E-state index contributed by atoms with van der Waals surface area (Å²) in [7, 11) is 0. The van der Waals surface area contributed by atoms with Crippen molar-refractivity contribution >= 4 is 11.6 Å². The molecule has 1 saturated carbocycles. The number of hydrogen-bond acceptors (Lipinski definition) is 2. The lowest BCUT2D eigenvalue weighted by Gasteiger charge is -2.48. The van der Waals surface area contributed by atoms with Crippen molar-refractivity contribution in [3.8, 4) is 0 Å². The van der Waals surface area contributed by atoms with E-state index in [1.807, 2.05) is 0 Å². The van der Waals surface area contributed by atoms with E-state index < -0.39 is 5.66 Å². The van der Waals surface area contributed by atoms with Gasteiger partial charge < -0.3 is 4.90 Å². The molecule has 4 heteroatoms. The molecule has 2 aromatic carbocycles. The Morgan fingerprint density at radius 3 is 2.09 bits per heavy atom. The summed E-state index contributed by atoms with van der Waals surface area (Å²) in [6.07, 6.45) is 3.82. The van der Waals surface area contributed by atoms with Crippen molar-refractivity contribution in [2.24, 2.45) is 22.2 Å². The Hall–Kier alpha value is -2.49. The van der Waals surface area contributed by atoms with Gasteiger partial charge in [0, 0.05) is 5.56 Å². The van der Waals surface area contributed by atoms with Crippen molar-refractivity contribution in [1.29, 1.82) is 0 Å². The molecule has 3 nitrogen and oxygen atoms in total. The minimum atomic E-state index is -0.539. The normalized spacial score (nSPS) is 24.5. The molecule has 1 unspecified atom stereocenters. The van der Waals surface area contributed by atoms with E-state index in [0.717, 1.165) is 31.2 Å². The second-order valence-corrected chi connectivity index (χ2v) is 11.4. The Kier molecular flexibility index (Phi) is 6.24. The highest BCUT2D eigenvalue weighted by molar-refractivity contribution is 6.46. The Morgan fingerprint density at radius 1 is 1.00 bits per heavy atom. The van der Waals surface area contributed by atoms with Crippen LogP contribution in [0.25, 0.3) is 0 Å². The quantitative estimate of drug-likeness (QED) is 0.491. The maximum absolute atomic E-state index is 14.0. The first kappa shape index (κ1) is 23.7. The van der Waals surface area contributed by atoms with Crippen LogP contribution in [0.3, 0.4) is 0 Å². The first-order chi connectivity index (χ1) is 15.5. The van der Waals surface area contributed by atoms with Crippen LogP contribution in [0.2, 0.25) is 0 Å². The summed E-state index contributed by atoms with van der Waals surface area (Å²) in [4.78, 5) is 21.3. The highest BCUT2D eigenvalue weighted by atomic mass is 19.1. The summed E-state index contributed by atoms with van der Waals surface area (Å²) in [6, 6.07) is 14.7. The Labute approximate surface area is 198 Å². The van der Waals surface area contributed by atoms with E-state index in [1.165, 1.54) is 17.7 Å². The van der Waals surface area contributed by atoms with E-state index in [0.29, 0.717) is 17.2 Å². The van der Waals surface area contributed by atoms with E-state index in [9.17, 15) is 9.18 Å². The number of rotatable bonds is 4. The molecule has 1 aliphatic carbocycles. The summed E-state index contributed by atoms with van der Waals surface area (Å²) in [6.45, 7) is 13.4. The fraction of sp³-hybridized carbons (Fsp3) is 0.517. The van der Waals surface area contributed by atoms with E-state index in [4.69, 9.17) is 4.99 Å². The second-order valence-electron chi connectivity index (χ2n) is 11.4. The molecule has 0 bridgehead atoms. The molecular formula is C29H37FN2O. The number of nitrogens with zero attached hydrogens (tertiary/aromatic N) is 2. The number of aryl methyl sites for hydroxylation is 1. The summed E-state index contributed by atoms with van der Waals surface area (Å²) in [5.74, 6) is 0.510. The number of benzene rings is 2. The van der Waals surface area contributed by atoms with E-state index >= 15 is 0 Å². The van der Waals surface area contributed by atoms with E-state index in [2.05, 4.69) is 70.7 Å². The van der Waals surface area contributed by atoms with Gasteiger partial charge in [-0.05, 0) is 79.7 Å². The second kappa shape index (κ2) is 8.70. The van der Waals surface area contributed by atoms with Gasteiger partial charge in [-0.3, -0.25) is 9.79 Å². The number of hydrogen-bond donors (Lipinski definition) is 0. The summed E-state index contributed by atoms with van der Waals surface area (Å²) < 4.78 is 13.6. The molecule has 2 aromatic rings. The van der Waals surface area contributed by atoms with Crippen LogP contribution >= 0.6 is 0 Å². The van der Waals surface area contributed by atoms with E-state index in [1.54, 1.807) is 12.1 Å². The summed E-state index contributed by atoms with van der Waals surface area (Å²) >= 11 is 0. The SMILES string of the molecule is Cc1ccc(C(C(C)C)N2C(=O)C(c3ccc(F)cc3)=NC23CCC(C(C)(C)C)CC3)cc1. The zero-order valence-corrected chi connectivity index (χ0v) is 20.9. The highest BCUT2D eigenvalue weighted by Gasteiger charge is 2.53. The van der Waals surface area contributed by atoms with Gasteiger partial charge in [-0.15, -0.1) is 0 Å². The summed E-state index contributed by atoms with van der Waals surface area (Å²) in [5.41, 5.74) is 3.24. The van der Waals surface area contributed by atoms with Gasteiger partial charge in [-0.2, -0.15) is 0 Å². The van der Waals surface area contributed by atoms with Gasteiger partial charge in [0.25, 0.3) is 5.91 Å². The predicted molar refractivity (Wildman–Crippen MR) is 133 cm³/mol. The molecule has 1 atom stereocenters. The van der Waals surface area contributed by atoms with Gasteiger partial charge in [-0.25, -0.2) is 4.39 Å². The monoisotopic (exact) mass is 448 g/mol. The Balaban J connectivity index is 1.79. The number of aliphatic imine (C=N–C) groups is 1. The largest absolute Gasteiger partial charge is 0.305 e. The number of carbonyl (C=O) groups excluding carboxylic acids is 1.